The fraction of sp³-hybridized carbons (Fsp3) is 0.500. The molecule has 0 aromatic heterocycles. The van der Waals surface area contributed by atoms with Crippen molar-refractivity contribution in [2.24, 2.45) is 0 Å². The molecule has 1 unspecified atom stereocenters. The highest BCUT2D eigenvalue weighted by Gasteiger charge is 2.31. The summed E-state index contributed by atoms with van der Waals surface area (Å²) in [6, 6.07) is 3.35. The molecule has 4 nitrogen and oxygen atoms in total. The van der Waals surface area contributed by atoms with Gasteiger partial charge in [0.2, 0.25) is 0 Å². The predicted molar refractivity (Wildman–Crippen MR) is 67.4 cm³/mol. The van der Waals surface area contributed by atoms with Crippen LogP contribution in [-0.4, -0.2) is 43.6 Å². The highest BCUT2D eigenvalue weighted by atomic mass is 19.4. The third kappa shape index (κ3) is 4.29. The van der Waals surface area contributed by atoms with Crippen molar-refractivity contribution in [2.45, 2.75) is 12.3 Å². The molecule has 1 aromatic carbocycles. The molecule has 1 atom stereocenters. The van der Waals surface area contributed by atoms with Crippen molar-refractivity contribution >= 4 is 11.4 Å². The van der Waals surface area contributed by atoms with Crippen LogP contribution in [-0.2, 0) is 6.18 Å². The van der Waals surface area contributed by atoms with Crippen molar-refractivity contribution in [3.05, 3.63) is 23.8 Å². The first-order valence-electron chi connectivity index (χ1n) is 5.67. The van der Waals surface area contributed by atoms with Crippen molar-refractivity contribution in [2.75, 3.05) is 37.5 Å². The number of hydrogen-bond donors (Lipinski definition) is 3. The maximum absolute atomic E-state index is 12.6. The van der Waals surface area contributed by atoms with Gasteiger partial charge in [-0.05, 0) is 18.2 Å². The molecule has 0 heterocycles. The molecule has 0 aliphatic carbocycles. The van der Waals surface area contributed by atoms with Crippen molar-refractivity contribution in [3.8, 4) is 0 Å². The minimum atomic E-state index is -4.42. The van der Waals surface area contributed by atoms with E-state index in [4.69, 9.17) is 5.11 Å². The molecule has 0 aliphatic rings. The van der Waals surface area contributed by atoms with E-state index in [1.165, 1.54) is 6.07 Å². The van der Waals surface area contributed by atoms with Crippen LogP contribution in [0, 0.1) is 0 Å². The Bertz CT molecular complexity index is 422. The molecule has 0 radical (unpaired) electrons. The third-order valence-corrected chi connectivity index (χ3v) is 2.54. The van der Waals surface area contributed by atoms with Crippen molar-refractivity contribution < 1.29 is 23.4 Å². The second-order valence-electron chi connectivity index (χ2n) is 4.34. The largest absolute Gasteiger partial charge is 0.416 e. The van der Waals surface area contributed by atoms with Crippen LogP contribution in [0.25, 0.3) is 0 Å². The molecule has 0 bridgehead atoms. The number of aliphatic hydroxyl groups excluding tert-OH is 2. The predicted octanol–water partition coefficient (Wildman–Crippen LogP) is 1.54. The van der Waals surface area contributed by atoms with Crippen LogP contribution in [0.1, 0.15) is 5.56 Å². The molecule has 7 heteroatoms. The maximum atomic E-state index is 12.6. The molecule has 108 valence electrons. The van der Waals surface area contributed by atoms with E-state index < -0.39 is 24.5 Å². The molecule has 0 saturated carbocycles. The normalized spacial score (nSPS) is 13.2. The third-order valence-electron chi connectivity index (χ3n) is 2.54. The maximum Gasteiger partial charge on any atom is 0.416 e. The summed E-state index contributed by atoms with van der Waals surface area (Å²) in [6.07, 6.45) is -5.44. The Morgan fingerprint density at radius 3 is 2.42 bits per heavy atom. The lowest BCUT2D eigenvalue weighted by Gasteiger charge is -2.21. The Morgan fingerprint density at radius 2 is 1.95 bits per heavy atom. The highest BCUT2D eigenvalue weighted by Crippen LogP contribution is 2.34. The molecule has 0 spiro atoms. The van der Waals surface area contributed by atoms with Gasteiger partial charge in [0.05, 0.1) is 29.6 Å². The van der Waals surface area contributed by atoms with Gasteiger partial charge in [-0.1, -0.05) is 0 Å². The fourth-order valence-electron chi connectivity index (χ4n) is 1.54. The SMILES string of the molecule is CN(C)c1ccc(C(F)(F)F)cc1NCC(O)CO. The van der Waals surface area contributed by atoms with Gasteiger partial charge in [-0.15, -0.1) is 0 Å². The highest BCUT2D eigenvalue weighted by molar-refractivity contribution is 5.70. The van der Waals surface area contributed by atoms with Crippen LogP contribution in [0.2, 0.25) is 0 Å². The smallest absolute Gasteiger partial charge is 0.394 e. The molecule has 1 rings (SSSR count). The average molecular weight is 278 g/mol. The minimum absolute atomic E-state index is 0.0291. The standard InChI is InChI=1S/C12H17F3N2O2/c1-17(2)11-4-3-8(12(13,14)15)5-10(11)16-6-9(19)7-18/h3-5,9,16,18-19H,6-7H2,1-2H3. The number of benzene rings is 1. The number of alkyl halides is 3. The van der Waals surface area contributed by atoms with Gasteiger partial charge in [0.1, 0.15) is 0 Å². The lowest BCUT2D eigenvalue weighted by Crippen LogP contribution is -2.24. The number of hydrogen-bond acceptors (Lipinski definition) is 4. The van der Waals surface area contributed by atoms with Gasteiger partial charge in [-0.3, -0.25) is 0 Å². The summed E-state index contributed by atoms with van der Waals surface area (Å²) in [4.78, 5) is 1.66. The molecule has 3 N–H and O–H groups in total. The molecule has 0 saturated heterocycles. The molecule has 0 fully saturated rings. The van der Waals surface area contributed by atoms with Crippen LogP contribution in [0.15, 0.2) is 18.2 Å². The van der Waals surface area contributed by atoms with Crippen LogP contribution in [0.5, 0.6) is 0 Å². The van der Waals surface area contributed by atoms with E-state index in [0.29, 0.717) is 5.69 Å². The Kier molecular flexibility index (Phi) is 5.02. The van der Waals surface area contributed by atoms with E-state index in [-0.39, 0.29) is 12.2 Å². The van der Waals surface area contributed by atoms with Crippen molar-refractivity contribution in [3.63, 3.8) is 0 Å². The van der Waals surface area contributed by atoms with Gasteiger partial charge < -0.3 is 20.4 Å². The zero-order valence-corrected chi connectivity index (χ0v) is 10.7. The zero-order valence-electron chi connectivity index (χ0n) is 10.7. The number of anilines is 2. The van der Waals surface area contributed by atoms with Crippen LogP contribution < -0.4 is 10.2 Å². The van der Waals surface area contributed by atoms with Crippen LogP contribution >= 0.6 is 0 Å². The number of aliphatic hydroxyl groups is 2. The number of rotatable bonds is 5. The zero-order chi connectivity index (χ0) is 14.6. The van der Waals surface area contributed by atoms with Gasteiger partial charge in [-0.25, -0.2) is 0 Å². The van der Waals surface area contributed by atoms with E-state index in [0.717, 1.165) is 12.1 Å². The lowest BCUT2D eigenvalue weighted by atomic mass is 10.1. The average Bonchev–Trinajstić information content (AvgIpc) is 2.34. The number of nitrogens with zero attached hydrogens (tertiary/aromatic N) is 1. The first kappa shape index (κ1) is 15.6. The lowest BCUT2D eigenvalue weighted by molar-refractivity contribution is -0.137. The summed E-state index contributed by atoms with van der Waals surface area (Å²) in [5.41, 5.74) is 0.0598. The fourth-order valence-corrected chi connectivity index (χ4v) is 1.54. The topological polar surface area (TPSA) is 55.7 Å². The summed E-state index contributed by atoms with van der Waals surface area (Å²) < 4.78 is 37.9. The summed E-state index contributed by atoms with van der Waals surface area (Å²) >= 11 is 0. The van der Waals surface area contributed by atoms with Crippen LogP contribution in [0.3, 0.4) is 0 Å². The van der Waals surface area contributed by atoms with Crippen molar-refractivity contribution in [1.29, 1.82) is 0 Å². The molecule has 0 aliphatic heterocycles. The van der Waals surface area contributed by atoms with Gasteiger partial charge in [0.15, 0.2) is 0 Å². The van der Waals surface area contributed by atoms with E-state index in [2.05, 4.69) is 5.32 Å². The Hall–Kier alpha value is -1.47. The van der Waals surface area contributed by atoms with Gasteiger partial charge >= 0.3 is 6.18 Å². The molecule has 1 aromatic rings. The first-order chi connectivity index (χ1) is 8.75. The summed E-state index contributed by atoms with van der Waals surface area (Å²) in [5, 5.41) is 20.6. The van der Waals surface area contributed by atoms with E-state index in [9.17, 15) is 18.3 Å². The Morgan fingerprint density at radius 1 is 1.32 bits per heavy atom. The first-order valence-corrected chi connectivity index (χ1v) is 5.67. The second-order valence-corrected chi connectivity index (χ2v) is 4.34. The molecule has 19 heavy (non-hydrogen) atoms. The van der Waals surface area contributed by atoms with Gasteiger partial charge in [0.25, 0.3) is 0 Å². The molecule has 0 amide bonds. The number of halogens is 3. The van der Waals surface area contributed by atoms with E-state index in [1.54, 1.807) is 19.0 Å². The molecular weight excluding hydrogens is 261 g/mol. The molecular formula is C12H17F3N2O2. The monoisotopic (exact) mass is 278 g/mol. The summed E-state index contributed by atoms with van der Waals surface area (Å²) in [6.45, 7) is -0.484. The van der Waals surface area contributed by atoms with Crippen LogP contribution in [0.4, 0.5) is 24.5 Å². The van der Waals surface area contributed by atoms with E-state index in [1.807, 2.05) is 0 Å². The number of nitrogens with one attached hydrogen (secondary N) is 1. The Balaban J connectivity index is 3.02. The second kappa shape index (κ2) is 6.12. The van der Waals surface area contributed by atoms with E-state index >= 15 is 0 Å². The quantitative estimate of drug-likeness (QED) is 0.764. The summed E-state index contributed by atoms with van der Waals surface area (Å²) in [5.74, 6) is 0. The van der Waals surface area contributed by atoms with Gasteiger partial charge in [-0.2, -0.15) is 13.2 Å². The van der Waals surface area contributed by atoms with Crippen molar-refractivity contribution in [1.82, 2.24) is 0 Å². The summed E-state index contributed by atoms with van der Waals surface area (Å²) in [7, 11) is 3.41. The Labute approximate surface area is 109 Å². The van der Waals surface area contributed by atoms with Gasteiger partial charge in [0, 0.05) is 20.6 Å². The minimum Gasteiger partial charge on any atom is -0.394 e.